The van der Waals surface area contributed by atoms with E-state index in [0.717, 1.165) is 19.3 Å². The molecule has 0 saturated carbocycles. The van der Waals surface area contributed by atoms with Crippen molar-refractivity contribution in [1.29, 1.82) is 0 Å². The smallest absolute Gasteiger partial charge is 0.407 e. The number of nitrogens with zero attached hydrogens (tertiary/aromatic N) is 1. The average molecular weight is 506 g/mol. The van der Waals surface area contributed by atoms with Crippen LogP contribution in [0, 0.1) is 0 Å². The summed E-state index contributed by atoms with van der Waals surface area (Å²) in [6.45, 7) is 8.20. The third-order valence-corrected chi connectivity index (χ3v) is 4.07. The molecule has 0 aromatic heterocycles. The summed E-state index contributed by atoms with van der Waals surface area (Å²) in [5.74, 6) is 0.541. The number of hydrogen-bond donors (Lipinski definition) is 3. The molecule has 1 unspecified atom stereocenters. The van der Waals surface area contributed by atoms with E-state index in [2.05, 4.69) is 27.9 Å². The number of nitrogens with one attached hydrogen (secondary N) is 3. The van der Waals surface area contributed by atoms with Crippen LogP contribution in [0.5, 0.6) is 0 Å². The van der Waals surface area contributed by atoms with E-state index in [1.165, 1.54) is 6.26 Å². The fourth-order valence-corrected chi connectivity index (χ4v) is 2.41. The first kappa shape index (κ1) is 27.4. The molecule has 26 heavy (non-hydrogen) atoms. The van der Waals surface area contributed by atoms with Gasteiger partial charge in [0.1, 0.15) is 15.4 Å². The molecule has 0 aliphatic carbocycles. The van der Waals surface area contributed by atoms with Crippen molar-refractivity contribution < 1.29 is 17.9 Å². The van der Waals surface area contributed by atoms with Gasteiger partial charge in [0.25, 0.3) is 0 Å². The van der Waals surface area contributed by atoms with Crippen molar-refractivity contribution in [2.45, 2.75) is 58.6 Å². The van der Waals surface area contributed by atoms with Gasteiger partial charge in [-0.05, 0) is 27.2 Å². The number of sulfone groups is 1. The summed E-state index contributed by atoms with van der Waals surface area (Å²) in [5.41, 5.74) is -0.542. The fourth-order valence-electron chi connectivity index (χ4n) is 1.94. The van der Waals surface area contributed by atoms with Crippen LogP contribution in [0.25, 0.3) is 0 Å². The van der Waals surface area contributed by atoms with Crippen LogP contribution in [0.4, 0.5) is 4.79 Å². The van der Waals surface area contributed by atoms with Crippen molar-refractivity contribution in [3.05, 3.63) is 0 Å². The minimum atomic E-state index is -3.03. The predicted octanol–water partition coefficient (Wildman–Crippen LogP) is 1.90. The van der Waals surface area contributed by atoms with Gasteiger partial charge in [-0.2, -0.15) is 0 Å². The number of carbonyl (C=O) groups is 1. The lowest BCUT2D eigenvalue weighted by molar-refractivity contribution is 0.0522. The number of rotatable bonds is 9. The maximum absolute atomic E-state index is 11.8. The Morgan fingerprint density at radius 2 is 1.85 bits per heavy atom. The van der Waals surface area contributed by atoms with Gasteiger partial charge < -0.3 is 20.7 Å². The summed E-state index contributed by atoms with van der Waals surface area (Å²) in [5, 5.41) is 8.95. The second-order valence-corrected chi connectivity index (χ2v) is 9.25. The molecule has 0 rings (SSSR count). The molecule has 0 radical (unpaired) electrons. The number of unbranched alkanes of at least 4 members (excludes halogenated alkanes) is 1. The number of ether oxygens (including phenoxy) is 1. The van der Waals surface area contributed by atoms with Crippen LogP contribution in [-0.2, 0) is 14.6 Å². The van der Waals surface area contributed by atoms with Crippen LogP contribution >= 0.6 is 24.0 Å². The van der Waals surface area contributed by atoms with Gasteiger partial charge in [-0.25, -0.2) is 13.2 Å². The number of hydrogen-bond acceptors (Lipinski definition) is 5. The van der Waals surface area contributed by atoms with Gasteiger partial charge in [-0.3, -0.25) is 4.99 Å². The molecule has 10 heteroatoms. The highest BCUT2D eigenvalue weighted by Crippen LogP contribution is 2.07. The Balaban J connectivity index is 0. The van der Waals surface area contributed by atoms with Gasteiger partial charge in [0.15, 0.2) is 5.96 Å². The van der Waals surface area contributed by atoms with Crippen molar-refractivity contribution in [3.8, 4) is 0 Å². The molecule has 0 bridgehead atoms. The van der Waals surface area contributed by atoms with Crippen molar-refractivity contribution in [3.63, 3.8) is 0 Å². The van der Waals surface area contributed by atoms with Crippen molar-refractivity contribution in [2.75, 3.05) is 32.1 Å². The minimum absolute atomic E-state index is 0. The van der Waals surface area contributed by atoms with E-state index in [-0.39, 0.29) is 42.3 Å². The molecule has 1 atom stereocenters. The average Bonchev–Trinajstić information content (AvgIpc) is 2.45. The van der Waals surface area contributed by atoms with E-state index in [1.54, 1.807) is 7.05 Å². The summed E-state index contributed by atoms with van der Waals surface area (Å²) in [7, 11) is -1.41. The van der Waals surface area contributed by atoms with Crippen LogP contribution in [0.2, 0.25) is 0 Å². The van der Waals surface area contributed by atoms with Crippen molar-refractivity contribution in [2.24, 2.45) is 4.99 Å². The number of halogens is 1. The SMILES string of the molecule is CCCCC(CNC(=O)OC(C)(C)C)NC(=NC)NCCS(C)(=O)=O.I. The number of alkyl carbamates (subject to hydrolysis) is 1. The first-order valence-electron chi connectivity index (χ1n) is 8.58. The van der Waals surface area contributed by atoms with E-state index >= 15 is 0 Å². The molecular weight excluding hydrogens is 471 g/mol. The topological polar surface area (TPSA) is 109 Å². The Labute approximate surface area is 175 Å². The minimum Gasteiger partial charge on any atom is -0.444 e. The lowest BCUT2D eigenvalue weighted by atomic mass is 10.1. The summed E-state index contributed by atoms with van der Waals surface area (Å²) >= 11 is 0. The molecule has 3 N–H and O–H groups in total. The second kappa shape index (κ2) is 13.4. The molecule has 0 spiro atoms. The normalized spacial score (nSPS) is 13.4. The van der Waals surface area contributed by atoms with Crippen LogP contribution in [0.1, 0.15) is 47.0 Å². The summed E-state index contributed by atoms with van der Waals surface area (Å²) in [6, 6.07) is -0.0306. The Bertz CT molecular complexity index is 533. The highest BCUT2D eigenvalue weighted by molar-refractivity contribution is 14.0. The predicted molar refractivity (Wildman–Crippen MR) is 117 cm³/mol. The van der Waals surface area contributed by atoms with Crippen LogP contribution in [0.15, 0.2) is 4.99 Å². The molecule has 0 aliphatic heterocycles. The lowest BCUT2D eigenvalue weighted by Crippen LogP contribution is -2.49. The molecule has 0 heterocycles. The molecule has 8 nitrogen and oxygen atoms in total. The number of carbonyl (C=O) groups excluding carboxylic acids is 1. The van der Waals surface area contributed by atoms with Gasteiger partial charge in [0.2, 0.25) is 0 Å². The van der Waals surface area contributed by atoms with Crippen LogP contribution in [-0.4, -0.2) is 64.3 Å². The first-order valence-corrected chi connectivity index (χ1v) is 10.6. The highest BCUT2D eigenvalue weighted by Gasteiger charge is 2.18. The summed E-state index contributed by atoms with van der Waals surface area (Å²) < 4.78 is 27.6. The standard InChI is InChI=1S/C16H34N4O4S.HI/c1-7-8-9-13(12-19-15(21)24-16(2,3)4)20-14(17-5)18-10-11-25(6,22)23;/h13H,7-12H2,1-6H3,(H,19,21)(H2,17,18,20);1H. The molecule has 0 aromatic rings. The van der Waals surface area contributed by atoms with E-state index in [9.17, 15) is 13.2 Å². The van der Waals surface area contributed by atoms with Crippen LogP contribution < -0.4 is 16.0 Å². The summed E-state index contributed by atoms with van der Waals surface area (Å²) in [6.07, 6.45) is 3.60. The second-order valence-electron chi connectivity index (χ2n) is 7.00. The molecule has 0 aliphatic rings. The molecule has 0 saturated heterocycles. The van der Waals surface area contributed by atoms with Gasteiger partial charge in [0.05, 0.1) is 5.75 Å². The Morgan fingerprint density at radius 3 is 2.31 bits per heavy atom. The maximum atomic E-state index is 11.8. The number of aliphatic imine (C=N–C) groups is 1. The fraction of sp³-hybridized carbons (Fsp3) is 0.875. The molecule has 0 fully saturated rings. The van der Waals surface area contributed by atoms with E-state index < -0.39 is 21.5 Å². The molecular formula is C16H35IN4O4S. The largest absolute Gasteiger partial charge is 0.444 e. The van der Waals surface area contributed by atoms with E-state index in [1.807, 2.05) is 20.8 Å². The Kier molecular flexibility index (Phi) is 14.1. The molecule has 156 valence electrons. The Hall–Kier alpha value is -0.780. The highest BCUT2D eigenvalue weighted by atomic mass is 127. The van der Waals surface area contributed by atoms with Crippen molar-refractivity contribution in [1.82, 2.24) is 16.0 Å². The summed E-state index contributed by atoms with van der Waals surface area (Å²) in [4.78, 5) is 15.9. The molecule has 0 aromatic carbocycles. The van der Waals surface area contributed by atoms with Gasteiger partial charge in [0, 0.05) is 32.4 Å². The first-order chi connectivity index (χ1) is 11.5. The Morgan fingerprint density at radius 1 is 1.23 bits per heavy atom. The van der Waals surface area contributed by atoms with Crippen LogP contribution in [0.3, 0.4) is 0 Å². The van der Waals surface area contributed by atoms with Crippen molar-refractivity contribution >= 4 is 45.9 Å². The number of guanidine groups is 1. The monoisotopic (exact) mass is 506 g/mol. The zero-order valence-corrected chi connectivity index (χ0v) is 19.9. The van der Waals surface area contributed by atoms with Gasteiger partial charge >= 0.3 is 6.09 Å². The van der Waals surface area contributed by atoms with Gasteiger partial charge in [-0.1, -0.05) is 19.8 Å². The maximum Gasteiger partial charge on any atom is 0.407 e. The third kappa shape index (κ3) is 16.7. The molecule has 1 amide bonds. The number of amides is 1. The zero-order valence-electron chi connectivity index (χ0n) is 16.7. The lowest BCUT2D eigenvalue weighted by Gasteiger charge is -2.24. The van der Waals surface area contributed by atoms with Gasteiger partial charge in [-0.15, -0.1) is 24.0 Å². The third-order valence-electron chi connectivity index (χ3n) is 3.13. The quantitative estimate of drug-likeness (QED) is 0.251. The van der Waals surface area contributed by atoms with E-state index in [0.29, 0.717) is 12.5 Å². The van der Waals surface area contributed by atoms with E-state index in [4.69, 9.17) is 4.74 Å². The zero-order chi connectivity index (χ0) is 19.5.